The number of rotatable bonds is 15. The highest BCUT2D eigenvalue weighted by Crippen LogP contribution is 2.36. The second kappa shape index (κ2) is 22.0. The van der Waals surface area contributed by atoms with Gasteiger partial charge >= 0.3 is 0 Å². The fourth-order valence-corrected chi connectivity index (χ4v) is 9.72. The van der Waals surface area contributed by atoms with Crippen molar-refractivity contribution in [1.82, 2.24) is 35.2 Å². The van der Waals surface area contributed by atoms with Crippen LogP contribution in [0.25, 0.3) is 34.7 Å². The molecule has 0 bridgehead atoms. The van der Waals surface area contributed by atoms with E-state index in [-0.39, 0.29) is 36.5 Å². The molecule has 3 heterocycles. The third kappa shape index (κ3) is 12.0. The van der Waals surface area contributed by atoms with E-state index in [1.165, 1.54) is 5.56 Å². The number of nitrogens with one attached hydrogen (secondary N) is 3. The van der Waals surface area contributed by atoms with Crippen molar-refractivity contribution >= 4 is 102 Å². The lowest BCUT2D eigenvalue weighted by Gasteiger charge is -2.36. The molecule has 0 atom stereocenters. The number of hydrogen-bond acceptors (Lipinski definition) is 6. The number of piperazine rings is 2. The van der Waals surface area contributed by atoms with Crippen molar-refractivity contribution in [3.63, 3.8) is 0 Å². The molecule has 342 valence electrons. The Hall–Kier alpha value is -5.31. The van der Waals surface area contributed by atoms with E-state index < -0.39 is 0 Å². The third-order valence-electron chi connectivity index (χ3n) is 12.6. The summed E-state index contributed by atoms with van der Waals surface area (Å²) in [6, 6.07) is 27.8. The number of aryl methyl sites for hydroxylation is 1. The molecule has 3 aliphatic rings. The van der Waals surface area contributed by atoms with Crippen molar-refractivity contribution < 1.29 is 19.2 Å². The molecule has 0 radical (unpaired) electrons. The number of H-pyrrole nitrogens is 1. The summed E-state index contributed by atoms with van der Waals surface area (Å²) in [7, 11) is 0. The first kappa shape index (κ1) is 47.2. The average molecular weight is 1040 g/mol. The number of aromatic amines is 1. The highest BCUT2D eigenvalue weighted by molar-refractivity contribution is 9.10. The summed E-state index contributed by atoms with van der Waals surface area (Å²) in [6.45, 7) is 9.56. The lowest BCUT2D eigenvalue weighted by molar-refractivity contribution is -0.138. The lowest BCUT2D eigenvalue weighted by Crippen LogP contribution is -2.51. The number of carbonyl (C=O) groups is 4. The molecule has 66 heavy (non-hydrogen) atoms. The van der Waals surface area contributed by atoms with Crippen LogP contribution >= 0.6 is 43.5 Å². The second-order valence-corrected chi connectivity index (χ2v) is 19.3. The molecule has 1 aliphatic carbocycles. The molecular formula is C52H54Br2ClN7O4. The molecule has 1 aromatic heterocycles. The summed E-state index contributed by atoms with van der Waals surface area (Å²) < 4.78 is 1.91. The Bertz CT molecular complexity index is 2680. The number of hydrogen-bond donors (Lipinski definition) is 3. The Balaban J connectivity index is 0.735. The van der Waals surface area contributed by atoms with Gasteiger partial charge in [-0.1, -0.05) is 116 Å². The largest absolute Gasteiger partial charge is 0.354 e. The normalized spacial score (nSPS) is 15.9. The maximum absolute atomic E-state index is 13.7. The highest BCUT2D eigenvalue weighted by atomic mass is 79.9. The molecule has 11 nitrogen and oxygen atoms in total. The van der Waals surface area contributed by atoms with E-state index in [1.807, 2.05) is 76.5 Å². The summed E-state index contributed by atoms with van der Waals surface area (Å²) >= 11 is 13.2. The Morgan fingerprint density at radius 3 is 1.82 bits per heavy atom. The molecule has 5 aromatic rings. The highest BCUT2D eigenvalue weighted by Gasteiger charge is 2.28. The first-order valence-corrected chi connectivity index (χ1v) is 24.5. The van der Waals surface area contributed by atoms with Crippen LogP contribution in [-0.2, 0) is 20.8 Å². The quantitative estimate of drug-likeness (QED) is 0.0969. The van der Waals surface area contributed by atoms with Gasteiger partial charge in [0.1, 0.15) is 0 Å². The fourth-order valence-electron chi connectivity index (χ4n) is 8.82. The predicted molar refractivity (Wildman–Crippen MR) is 272 cm³/mol. The van der Waals surface area contributed by atoms with Gasteiger partial charge in [0.2, 0.25) is 11.8 Å². The first-order valence-electron chi connectivity index (χ1n) is 22.6. The molecule has 4 aromatic carbocycles. The van der Waals surface area contributed by atoms with E-state index in [2.05, 4.69) is 107 Å². The number of carbonyl (C=O) groups excluding carboxylic acids is 4. The standard InChI is InChI=1S/C52H54Br2ClN7O4/c1-35-2-4-36(5-3-35)6-10-38-32-39-33-40(53)11-15-43(39)49(38)51(65)56-20-22-59-24-28-61(29-25-59)47(63)18-19-48(64)62-30-26-60(27-31-62)23-21-57-52(66)50-44-16-12-41(54)34-46(44)58-45(50)17-9-37-7-13-42(55)14-8-37/h2-17,33-34,58H,18-32H2,1H3,(H,56,65)(H,57,66)/b10-6+,17-9+. The fraction of sp³-hybridized carbons (Fsp3) is 0.308. The molecule has 14 heteroatoms. The number of fused-ring (bicyclic) bond motifs is 2. The molecule has 3 N–H and O–H groups in total. The zero-order valence-electron chi connectivity index (χ0n) is 37.1. The second-order valence-electron chi connectivity index (χ2n) is 17.1. The molecule has 0 spiro atoms. The van der Waals surface area contributed by atoms with Crippen LogP contribution in [0.2, 0.25) is 5.02 Å². The van der Waals surface area contributed by atoms with Gasteiger partial charge in [0.15, 0.2) is 0 Å². The summed E-state index contributed by atoms with van der Waals surface area (Å²) in [5, 5.41) is 7.79. The van der Waals surface area contributed by atoms with Crippen LogP contribution in [0.3, 0.4) is 0 Å². The summed E-state index contributed by atoms with van der Waals surface area (Å²) in [4.78, 5) is 65.3. The van der Waals surface area contributed by atoms with E-state index in [0.717, 1.165) is 58.9 Å². The molecule has 2 saturated heterocycles. The summed E-state index contributed by atoms with van der Waals surface area (Å²) in [5.74, 6) is -0.231. The van der Waals surface area contributed by atoms with Gasteiger partial charge < -0.3 is 25.4 Å². The van der Waals surface area contributed by atoms with Gasteiger partial charge in [-0.2, -0.15) is 0 Å². The minimum Gasteiger partial charge on any atom is -0.354 e. The van der Waals surface area contributed by atoms with Crippen LogP contribution in [0.5, 0.6) is 0 Å². The monoisotopic (exact) mass is 1030 g/mol. The molecule has 4 amide bonds. The summed E-state index contributed by atoms with van der Waals surface area (Å²) in [5.41, 5.74) is 9.25. The maximum atomic E-state index is 13.7. The number of nitrogens with zero attached hydrogens (tertiary/aromatic N) is 4. The lowest BCUT2D eigenvalue weighted by atomic mass is 10.0. The molecule has 0 saturated carbocycles. The molecule has 0 unspecified atom stereocenters. The van der Waals surface area contributed by atoms with Gasteiger partial charge in [-0.3, -0.25) is 29.0 Å². The Morgan fingerprint density at radius 1 is 0.652 bits per heavy atom. The smallest absolute Gasteiger partial charge is 0.254 e. The van der Waals surface area contributed by atoms with Crippen LogP contribution in [0.4, 0.5) is 0 Å². The van der Waals surface area contributed by atoms with E-state index in [0.29, 0.717) is 95.5 Å². The van der Waals surface area contributed by atoms with Crippen LogP contribution in [0.15, 0.2) is 106 Å². The van der Waals surface area contributed by atoms with Crippen LogP contribution < -0.4 is 10.6 Å². The zero-order chi connectivity index (χ0) is 46.2. The van der Waals surface area contributed by atoms with E-state index in [1.54, 1.807) is 0 Å². The Morgan fingerprint density at radius 2 is 1.20 bits per heavy atom. The first-order chi connectivity index (χ1) is 32.0. The van der Waals surface area contributed by atoms with Gasteiger partial charge in [-0.25, -0.2) is 0 Å². The minimum absolute atomic E-state index is 0.00170. The van der Waals surface area contributed by atoms with E-state index >= 15 is 0 Å². The van der Waals surface area contributed by atoms with Crippen molar-refractivity contribution in [3.05, 3.63) is 150 Å². The van der Waals surface area contributed by atoms with Crippen molar-refractivity contribution in [2.75, 3.05) is 78.5 Å². The molecule has 8 rings (SSSR count). The molecule has 2 fully saturated rings. The number of allylic oxidation sites excluding steroid dienone is 2. The number of halogens is 3. The summed E-state index contributed by atoms with van der Waals surface area (Å²) in [6.07, 6.45) is 9.08. The predicted octanol–water partition coefficient (Wildman–Crippen LogP) is 8.46. The zero-order valence-corrected chi connectivity index (χ0v) is 41.0. The van der Waals surface area contributed by atoms with E-state index in [4.69, 9.17) is 11.6 Å². The van der Waals surface area contributed by atoms with Gasteiger partial charge in [0.05, 0.1) is 16.8 Å². The minimum atomic E-state index is -0.155. The van der Waals surface area contributed by atoms with Gasteiger partial charge in [-0.15, -0.1) is 0 Å². The average Bonchev–Trinajstić information content (AvgIpc) is 3.87. The maximum Gasteiger partial charge on any atom is 0.254 e. The van der Waals surface area contributed by atoms with Gasteiger partial charge in [0.25, 0.3) is 11.8 Å². The van der Waals surface area contributed by atoms with Crippen molar-refractivity contribution in [3.8, 4) is 0 Å². The van der Waals surface area contributed by atoms with Crippen LogP contribution in [0.1, 0.15) is 56.7 Å². The van der Waals surface area contributed by atoms with E-state index in [9.17, 15) is 19.2 Å². The van der Waals surface area contributed by atoms with Gasteiger partial charge in [0, 0.05) is 116 Å². The Kier molecular flexibility index (Phi) is 15.7. The van der Waals surface area contributed by atoms with Crippen LogP contribution in [0, 0.1) is 6.92 Å². The number of amides is 4. The SMILES string of the molecule is Cc1ccc(/C=C/C2=C(C(=O)NCCN3CCN(C(=O)CCC(=O)N4CCN(CCNC(=O)c5c(/C=C/c6ccc(Cl)cc6)[nH]c6cc(Br)ccc56)CC4)CC3)c3ccc(Br)cc3C2)cc1. The van der Waals surface area contributed by atoms with Gasteiger partial charge in [-0.05, 0) is 83.6 Å². The number of benzene rings is 4. The van der Waals surface area contributed by atoms with Crippen LogP contribution in [-0.4, -0.2) is 127 Å². The third-order valence-corrected chi connectivity index (χ3v) is 13.8. The Labute approximate surface area is 408 Å². The number of aromatic nitrogens is 1. The van der Waals surface area contributed by atoms with Crippen molar-refractivity contribution in [1.29, 1.82) is 0 Å². The van der Waals surface area contributed by atoms with Crippen molar-refractivity contribution in [2.24, 2.45) is 0 Å². The topological polar surface area (TPSA) is 121 Å². The van der Waals surface area contributed by atoms with Crippen molar-refractivity contribution in [2.45, 2.75) is 26.2 Å². The molecular weight excluding hydrogens is 982 g/mol. The molecule has 2 aliphatic heterocycles.